The smallest absolute Gasteiger partial charge is 0.290 e. The molecule has 14 heteroatoms. The Morgan fingerprint density at radius 2 is 1.56 bits per heavy atom. The van der Waals surface area contributed by atoms with Crippen molar-refractivity contribution in [3.05, 3.63) is 30.0 Å². The number of aromatic nitrogens is 3. The highest BCUT2D eigenvalue weighted by Crippen LogP contribution is 2.23. The number of nitrogens with zero attached hydrogens (tertiary/aromatic N) is 6. The molecule has 2 aliphatic heterocycles. The Bertz CT molecular complexity index is 942. The molecule has 4 rings (SSSR count). The summed E-state index contributed by atoms with van der Waals surface area (Å²) in [6.07, 6.45) is 1.67. The highest BCUT2D eigenvalue weighted by molar-refractivity contribution is 5.97. The first-order chi connectivity index (χ1) is 16.4. The molecule has 14 nitrogen and oxygen atoms in total. The summed E-state index contributed by atoms with van der Waals surface area (Å²) in [5.74, 6) is 2.07. The lowest BCUT2D eigenvalue weighted by Crippen LogP contribution is -2.48. The number of pyridine rings is 1. The predicted molar refractivity (Wildman–Crippen MR) is 124 cm³/mol. The average Bonchev–Trinajstić information content (AvgIpc) is 2.85. The van der Waals surface area contributed by atoms with Crippen LogP contribution in [-0.4, -0.2) is 96.5 Å². The maximum atomic E-state index is 11.7. The van der Waals surface area contributed by atoms with Gasteiger partial charge in [0.25, 0.3) is 18.9 Å². The molecule has 1 amide bonds. The number of morpholine rings is 1. The van der Waals surface area contributed by atoms with Crippen molar-refractivity contribution in [2.75, 3.05) is 72.9 Å². The number of anilines is 4. The SMILES string of the molecule is NC(=O)c1cccnc1N1CCN(c2cc(N)nc(N3CCOCC3)n2)CC1.O=CO.O=CO. The van der Waals surface area contributed by atoms with Gasteiger partial charge in [-0.15, -0.1) is 0 Å². The normalized spacial score (nSPS) is 15.2. The molecule has 0 aromatic carbocycles. The van der Waals surface area contributed by atoms with Crippen LogP contribution in [0.25, 0.3) is 0 Å². The Morgan fingerprint density at radius 1 is 0.971 bits per heavy atom. The van der Waals surface area contributed by atoms with Crippen LogP contribution in [-0.2, 0) is 14.3 Å². The Balaban J connectivity index is 0.000000618. The number of rotatable bonds is 4. The number of primary amides is 1. The van der Waals surface area contributed by atoms with Crippen LogP contribution in [0.2, 0.25) is 0 Å². The molecule has 0 bridgehead atoms. The van der Waals surface area contributed by atoms with E-state index in [0.29, 0.717) is 49.5 Å². The van der Waals surface area contributed by atoms with Gasteiger partial charge in [0, 0.05) is 51.5 Å². The zero-order chi connectivity index (χ0) is 24.9. The van der Waals surface area contributed by atoms with E-state index in [-0.39, 0.29) is 12.9 Å². The first kappa shape index (κ1) is 26.1. The monoisotopic (exact) mass is 476 g/mol. The number of nitrogens with two attached hydrogens (primary N) is 2. The Hall–Kier alpha value is -4.20. The molecule has 0 atom stereocenters. The number of carboxylic acid groups (broad SMARTS) is 2. The predicted octanol–water partition coefficient (Wildman–Crippen LogP) is -0.882. The number of nitrogen functional groups attached to an aromatic ring is 1. The molecule has 6 N–H and O–H groups in total. The fourth-order valence-corrected chi connectivity index (χ4v) is 3.50. The van der Waals surface area contributed by atoms with Crippen molar-refractivity contribution >= 4 is 42.3 Å². The maximum Gasteiger partial charge on any atom is 0.290 e. The standard InChI is InChI=1S/C18H24N8O2.2CH2O2/c19-14-12-15(23-18(22-14)26-8-10-28-11-9-26)24-4-6-25(7-5-24)17-13(16(20)27)2-1-3-21-17;2*2-1-3/h1-3,12H,4-11H2,(H2,20,27)(H2,19,22,23);2*1H,(H,2,3). The lowest BCUT2D eigenvalue weighted by Gasteiger charge is -2.37. The van der Waals surface area contributed by atoms with Crippen LogP contribution in [0.4, 0.5) is 23.4 Å². The van der Waals surface area contributed by atoms with E-state index in [9.17, 15) is 4.79 Å². The van der Waals surface area contributed by atoms with Gasteiger partial charge in [-0.25, -0.2) is 4.98 Å². The van der Waals surface area contributed by atoms with Crippen LogP contribution in [0.5, 0.6) is 0 Å². The quantitative estimate of drug-likeness (QED) is 0.396. The van der Waals surface area contributed by atoms with Crippen molar-refractivity contribution in [3.63, 3.8) is 0 Å². The third kappa shape index (κ3) is 7.16. The molecule has 0 aliphatic carbocycles. The van der Waals surface area contributed by atoms with E-state index < -0.39 is 5.91 Å². The van der Waals surface area contributed by atoms with E-state index in [1.165, 1.54) is 0 Å². The first-order valence-electron chi connectivity index (χ1n) is 10.3. The van der Waals surface area contributed by atoms with Gasteiger partial charge in [0.1, 0.15) is 17.5 Å². The van der Waals surface area contributed by atoms with Gasteiger partial charge in [0.05, 0.1) is 18.8 Å². The maximum absolute atomic E-state index is 11.7. The first-order valence-corrected chi connectivity index (χ1v) is 10.3. The summed E-state index contributed by atoms with van der Waals surface area (Å²) in [5.41, 5.74) is 12.0. The van der Waals surface area contributed by atoms with Crippen molar-refractivity contribution in [1.29, 1.82) is 0 Å². The number of carbonyl (C=O) groups is 3. The number of hydrogen-bond acceptors (Lipinski definition) is 11. The van der Waals surface area contributed by atoms with Gasteiger partial charge in [-0.2, -0.15) is 9.97 Å². The molecule has 0 unspecified atom stereocenters. The molecular formula is C20H28N8O6. The third-order valence-corrected chi connectivity index (χ3v) is 4.97. The van der Waals surface area contributed by atoms with E-state index in [1.807, 2.05) is 0 Å². The summed E-state index contributed by atoms with van der Waals surface area (Å²) in [7, 11) is 0. The van der Waals surface area contributed by atoms with Crippen molar-refractivity contribution in [1.82, 2.24) is 15.0 Å². The van der Waals surface area contributed by atoms with Crippen LogP contribution >= 0.6 is 0 Å². The van der Waals surface area contributed by atoms with Gasteiger partial charge in [0.15, 0.2) is 0 Å². The highest BCUT2D eigenvalue weighted by Gasteiger charge is 2.24. The van der Waals surface area contributed by atoms with Gasteiger partial charge < -0.3 is 41.1 Å². The number of ether oxygens (including phenoxy) is 1. The molecule has 2 saturated heterocycles. The summed E-state index contributed by atoms with van der Waals surface area (Å²) >= 11 is 0. The second-order valence-electron chi connectivity index (χ2n) is 6.97. The van der Waals surface area contributed by atoms with Crippen LogP contribution < -0.4 is 26.2 Å². The van der Waals surface area contributed by atoms with Crippen molar-refractivity contribution in [3.8, 4) is 0 Å². The Kier molecular flexibility index (Phi) is 10.2. The average molecular weight is 476 g/mol. The van der Waals surface area contributed by atoms with Crippen LogP contribution in [0.15, 0.2) is 24.4 Å². The molecule has 2 aliphatic rings. The number of piperazine rings is 1. The van der Waals surface area contributed by atoms with Crippen LogP contribution in [0.3, 0.4) is 0 Å². The minimum atomic E-state index is -0.468. The largest absolute Gasteiger partial charge is 0.483 e. The topological polar surface area (TPSA) is 201 Å². The zero-order valence-electron chi connectivity index (χ0n) is 18.5. The molecule has 2 aromatic heterocycles. The summed E-state index contributed by atoms with van der Waals surface area (Å²) in [6.45, 7) is 5.21. The molecule has 34 heavy (non-hydrogen) atoms. The van der Waals surface area contributed by atoms with Crippen molar-refractivity contribution in [2.45, 2.75) is 0 Å². The minimum absolute atomic E-state index is 0.250. The van der Waals surface area contributed by atoms with Crippen molar-refractivity contribution in [2.24, 2.45) is 5.73 Å². The van der Waals surface area contributed by atoms with Gasteiger partial charge in [-0.3, -0.25) is 14.4 Å². The number of carbonyl (C=O) groups excluding carboxylic acids is 1. The van der Waals surface area contributed by atoms with Gasteiger partial charge in [-0.1, -0.05) is 0 Å². The van der Waals surface area contributed by atoms with Gasteiger partial charge in [0.2, 0.25) is 5.95 Å². The molecule has 0 spiro atoms. The summed E-state index contributed by atoms with van der Waals surface area (Å²) in [5, 5.41) is 13.8. The summed E-state index contributed by atoms with van der Waals surface area (Å²) < 4.78 is 5.40. The fourth-order valence-electron chi connectivity index (χ4n) is 3.50. The van der Waals surface area contributed by atoms with Crippen LogP contribution in [0.1, 0.15) is 10.4 Å². The lowest BCUT2D eigenvalue weighted by molar-refractivity contribution is -0.123. The highest BCUT2D eigenvalue weighted by atomic mass is 16.5. The third-order valence-electron chi connectivity index (χ3n) is 4.97. The van der Waals surface area contributed by atoms with E-state index in [0.717, 1.165) is 32.0 Å². The van der Waals surface area contributed by atoms with E-state index >= 15 is 0 Å². The van der Waals surface area contributed by atoms with Crippen molar-refractivity contribution < 1.29 is 29.3 Å². The summed E-state index contributed by atoms with van der Waals surface area (Å²) in [6, 6.07) is 5.22. The Labute approximate surface area is 195 Å². The molecule has 0 radical (unpaired) electrons. The van der Waals surface area contributed by atoms with Gasteiger partial charge in [-0.05, 0) is 12.1 Å². The Morgan fingerprint density at radius 3 is 2.15 bits per heavy atom. The van der Waals surface area contributed by atoms with Crippen LogP contribution in [0, 0.1) is 0 Å². The lowest BCUT2D eigenvalue weighted by atomic mass is 10.2. The second kappa shape index (κ2) is 13.4. The second-order valence-corrected chi connectivity index (χ2v) is 6.97. The number of amides is 1. The van der Waals surface area contributed by atoms with E-state index in [4.69, 9.17) is 41.0 Å². The van der Waals surface area contributed by atoms with E-state index in [1.54, 1.807) is 24.4 Å². The molecule has 2 aromatic rings. The molecular weight excluding hydrogens is 448 g/mol. The number of hydrogen-bond donors (Lipinski definition) is 4. The molecule has 2 fully saturated rings. The minimum Gasteiger partial charge on any atom is -0.483 e. The summed E-state index contributed by atoms with van der Waals surface area (Å²) in [4.78, 5) is 48.2. The van der Waals surface area contributed by atoms with Gasteiger partial charge >= 0.3 is 0 Å². The molecule has 184 valence electrons. The molecule has 4 heterocycles. The van der Waals surface area contributed by atoms with E-state index in [2.05, 4.69) is 24.7 Å². The zero-order valence-corrected chi connectivity index (χ0v) is 18.5. The fraction of sp³-hybridized carbons (Fsp3) is 0.400. The molecule has 0 saturated carbocycles.